The number of nitrogens with zero attached hydrogens (tertiary/aromatic N) is 1. The van der Waals surface area contributed by atoms with Gasteiger partial charge in [0.25, 0.3) is 0 Å². The van der Waals surface area contributed by atoms with Gasteiger partial charge in [-0.3, -0.25) is 4.79 Å². The summed E-state index contributed by atoms with van der Waals surface area (Å²) in [6, 6.07) is 7.02. The van der Waals surface area contributed by atoms with E-state index in [2.05, 4.69) is 25.1 Å². The van der Waals surface area contributed by atoms with Gasteiger partial charge in [0.2, 0.25) is 6.41 Å². The highest BCUT2D eigenvalue weighted by Gasteiger charge is 2.28. The monoisotopic (exact) mass is 247 g/mol. The van der Waals surface area contributed by atoms with Crippen LogP contribution in [0.25, 0.3) is 0 Å². The fraction of sp³-hybridized carbons (Fsp3) is 0.500. The van der Waals surface area contributed by atoms with E-state index in [9.17, 15) is 4.79 Å². The second-order valence-electron chi connectivity index (χ2n) is 4.88. The van der Waals surface area contributed by atoms with E-state index in [1.165, 1.54) is 28.9 Å². The van der Waals surface area contributed by atoms with E-state index >= 15 is 0 Å². The Morgan fingerprint density at radius 2 is 2.29 bits per heavy atom. The van der Waals surface area contributed by atoms with Gasteiger partial charge in [0, 0.05) is 16.7 Å². The molecule has 0 aromatic heterocycles. The molecule has 17 heavy (non-hydrogen) atoms. The zero-order chi connectivity index (χ0) is 11.8. The average molecular weight is 247 g/mol. The van der Waals surface area contributed by atoms with Gasteiger partial charge >= 0.3 is 0 Å². The number of rotatable bonds is 4. The Kier molecular flexibility index (Phi) is 2.87. The number of carbonyl (C=O) groups is 1. The molecule has 1 fully saturated rings. The number of carbonyl (C=O) groups excluding carboxylic acids is 1. The van der Waals surface area contributed by atoms with Crippen LogP contribution in [0.3, 0.4) is 0 Å². The molecule has 1 aliphatic carbocycles. The highest BCUT2D eigenvalue weighted by molar-refractivity contribution is 8.00. The molecule has 1 saturated carbocycles. The van der Waals surface area contributed by atoms with Crippen LogP contribution >= 0.6 is 11.8 Å². The molecule has 1 aromatic rings. The van der Waals surface area contributed by atoms with Crippen molar-refractivity contribution in [3.8, 4) is 0 Å². The highest BCUT2D eigenvalue weighted by atomic mass is 32.2. The maximum atomic E-state index is 11.0. The normalized spacial score (nSPS) is 22.6. The van der Waals surface area contributed by atoms with Crippen LogP contribution in [0.2, 0.25) is 0 Å². The summed E-state index contributed by atoms with van der Waals surface area (Å²) >= 11 is 1.99. The average Bonchev–Trinajstić information content (AvgIpc) is 3.07. The van der Waals surface area contributed by atoms with Gasteiger partial charge in [0.15, 0.2) is 0 Å². The SMILES string of the molecule is CCC1c2ccc(SC3CC3)cc2CN1C=O. The first-order valence-corrected chi connectivity index (χ1v) is 7.20. The third-order valence-electron chi connectivity index (χ3n) is 3.58. The standard InChI is InChI=1S/C14H17NOS/c1-2-14-13-6-5-12(17-11-3-4-11)7-10(13)8-15(14)9-16/h5-7,9,11,14H,2-4,8H2,1H3. The van der Waals surface area contributed by atoms with Crippen molar-refractivity contribution in [1.82, 2.24) is 4.90 Å². The van der Waals surface area contributed by atoms with Crippen LogP contribution in [0.4, 0.5) is 0 Å². The fourth-order valence-corrected chi connectivity index (χ4v) is 3.66. The molecule has 1 atom stereocenters. The molecular weight excluding hydrogens is 230 g/mol. The largest absolute Gasteiger partial charge is 0.334 e. The topological polar surface area (TPSA) is 20.3 Å². The Balaban J connectivity index is 1.86. The Labute approximate surface area is 106 Å². The summed E-state index contributed by atoms with van der Waals surface area (Å²) in [6.45, 7) is 2.93. The van der Waals surface area contributed by atoms with E-state index in [4.69, 9.17) is 0 Å². The van der Waals surface area contributed by atoms with Gasteiger partial charge in [-0.15, -0.1) is 11.8 Å². The van der Waals surface area contributed by atoms with Crippen LogP contribution in [-0.2, 0) is 11.3 Å². The zero-order valence-electron chi connectivity index (χ0n) is 10.1. The molecule has 2 nitrogen and oxygen atoms in total. The predicted octanol–water partition coefficient (Wildman–Crippen LogP) is 3.36. The predicted molar refractivity (Wildman–Crippen MR) is 70.0 cm³/mol. The first kappa shape index (κ1) is 11.1. The van der Waals surface area contributed by atoms with E-state index in [1.807, 2.05) is 16.7 Å². The summed E-state index contributed by atoms with van der Waals surface area (Å²) < 4.78 is 0. The lowest BCUT2D eigenvalue weighted by Crippen LogP contribution is -2.19. The minimum atomic E-state index is 0.294. The van der Waals surface area contributed by atoms with Gasteiger partial charge in [-0.2, -0.15) is 0 Å². The first-order chi connectivity index (χ1) is 8.31. The van der Waals surface area contributed by atoms with Crippen molar-refractivity contribution in [3.63, 3.8) is 0 Å². The first-order valence-electron chi connectivity index (χ1n) is 6.32. The zero-order valence-corrected chi connectivity index (χ0v) is 10.9. The molecule has 0 bridgehead atoms. The van der Waals surface area contributed by atoms with Gasteiger partial charge in [-0.05, 0) is 42.5 Å². The summed E-state index contributed by atoms with van der Waals surface area (Å²) in [4.78, 5) is 14.3. The number of thioether (sulfide) groups is 1. The molecule has 1 heterocycles. The van der Waals surface area contributed by atoms with E-state index in [-0.39, 0.29) is 0 Å². The number of amides is 1. The van der Waals surface area contributed by atoms with Crippen molar-refractivity contribution in [2.45, 2.75) is 48.9 Å². The highest BCUT2D eigenvalue weighted by Crippen LogP contribution is 2.42. The minimum absolute atomic E-state index is 0.294. The Morgan fingerprint density at radius 3 is 2.94 bits per heavy atom. The van der Waals surface area contributed by atoms with Gasteiger partial charge in [-0.1, -0.05) is 13.0 Å². The Hall–Kier alpha value is -0.960. The molecule has 0 spiro atoms. The van der Waals surface area contributed by atoms with E-state index in [0.29, 0.717) is 6.04 Å². The maximum absolute atomic E-state index is 11.0. The molecule has 0 saturated heterocycles. The Morgan fingerprint density at radius 1 is 1.47 bits per heavy atom. The summed E-state index contributed by atoms with van der Waals surface area (Å²) in [5.41, 5.74) is 2.69. The van der Waals surface area contributed by atoms with Crippen LogP contribution in [0.5, 0.6) is 0 Å². The van der Waals surface area contributed by atoms with Crippen LogP contribution in [0.1, 0.15) is 43.4 Å². The molecule has 1 amide bonds. The van der Waals surface area contributed by atoms with Gasteiger partial charge in [0.1, 0.15) is 0 Å². The van der Waals surface area contributed by atoms with Crippen molar-refractivity contribution >= 4 is 18.2 Å². The number of benzene rings is 1. The third-order valence-corrected chi connectivity index (χ3v) is 4.91. The molecule has 0 N–H and O–H groups in total. The summed E-state index contributed by atoms with van der Waals surface area (Å²) in [7, 11) is 0. The molecule has 2 aliphatic rings. The molecule has 0 radical (unpaired) electrons. The summed E-state index contributed by atoms with van der Waals surface area (Å²) in [5.74, 6) is 0. The van der Waals surface area contributed by atoms with Crippen molar-refractivity contribution in [1.29, 1.82) is 0 Å². The van der Waals surface area contributed by atoms with Crippen LogP contribution in [-0.4, -0.2) is 16.6 Å². The molecule has 3 heteroatoms. The van der Waals surface area contributed by atoms with Crippen LogP contribution in [0, 0.1) is 0 Å². The van der Waals surface area contributed by atoms with Crippen molar-refractivity contribution < 1.29 is 4.79 Å². The van der Waals surface area contributed by atoms with Crippen molar-refractivity contribution in [2.75, 3.05) is 0 Å². The second-order valence-corrected chi connectivity index (χ2v) is 6.25. The fourth-order valence-electron chi connectivity index (χ4n) is 2.55. The number of fused-ring (bicyclic) bond motifs is 1. The minimum Gasteiger partial charge on any atom is -0.334 e. The van der Waals surface area contributed by atoms with E-state index < -0.39 is 0 Å². The molecule has 3 rings (SSSR count). The molecule has 90 valence electrons. The third kappa shape index (κ3) is 2.08. The van der Waals surface area contributed by atoms with Gasteiger partial charge in [0.05, 0.1) is 6.04 Å². The maximum Gasteiger partial charge on any atom is 0.210 e. The lowest BCUT2D eigenvalue weighted by Gasteiger charge is -2.18. The van der Waals surface area contributed by atoms with Gasteiger partial charge < -0.3 is 4.90 Å². The summed E-state index contributed by atoms with van der Waals surface area (Å²) in [6.07, 6.45) is 4.71. The number of hydrogen-bond acceptors (Lipinski definition) is 2. The molecule has 1 unspecified atom stereocenters. The van der Waals surface area contributed by atoms with Crippen LogP contribution < -0.4 is 0 Å². The number of hydrogen-bond donors (Lipinski definition) is 0. The van der Waals surface area contributed by atoms with E-state index in [0.717, 1.165) is 24.6 Å². The molecule has 1 aromatic carbocycles. The summed E-state index contributed by atoms with van der Waals surface area (Å²) in [5, 5.41) is 0.846. The van der Waals surface area contributed by atoms with Crippen molar-refractivity contribution in [3.05, 3.63) is 29.3 Å². The van der Waals surface area contributed by atoms with Gasteiger partial charge in [-0.25, -0.2) is 0 Å². The Bertz CT molecular complexity index is 442. The smallest absolute Gasteiger partial charge is 0.210 e. The molecular formula is C14H17NOS. The second kappa shape index (κ2) is 4.37. The molecule has 1 aliphatic heterocycles. The lowest BCUT2D eigenvalue weighted by molar-refractivity contribution is -0.120. The quantitative estimate of drug-likeness (QED) is 0.760. The van der Waals surface area contributed by atoms with Crippen LogP contribution in [0.15, 0.2) is 23.1 Å². The van der Waals surface area contributed by atoms with Crippen molar-refractivity contribution in [2.24, 2.45) is 0 Å². The lowest BCUT2D eigenvalue weighted by atomic mass is 10.0. The van der Waals surface area contributed by atoms with E-state index in [1.54, 1.807) is 0 Å².